The van der Waals surface area contributed by atoms with Gasteiger partial charge in [0.2, 0.25) is 0 Å². The van der Waals surface area contributed by atoms with E-state index >= 15 is 0 Å². The van der Waals surface area contributed by atoms with Gasteiger partial charge in [-0.3, -0.25) is 0 Å². The Morgan fingerprint density at radius 2 is 2.06 bits per heavy atom. The SMILES string of the molecule is Oc1c(CC2CCNCC2)cc2c(c1Cl)CCC2. The van der Waals surface area contributed by atoms with Gasteiger partial charge in [0, 0.05) is 0 Å². The molecule has 0 bridgehead atoms. The number of rotatable bonds is 2. The highest BCUT2D eigenvalue weighted by Crippen LogP contribution is 2.39. The monoisotopic (exact) mass is 265 g/mol. The van der Waals surface area contributed by atoms with Crippen LogP contribution in [0.25, 0.3) is 0 Å². The lowest BCUT2D eigenvalue weighted by Crippen LogP contribution is -2.28. The second-order valence-electron chi connectivity index (χ2n) is 5.59. The zero-order valence-corrected chi connectivity index (χ0v) is 11.4. The van der Waals surface area contributed by atoms with E-state index in [0.717, 1.165) is 37.9 Å². The molecule has 2 nitrogen and oxygen atoms in total. The number of benzene rings is 1. The van der Waals surface area contributed by atoms with Crippen LogP contribution in [-0.4, -0.2) is 18.2 Å². The van der Waals surface area contributed by atoms with Crippen molar-refractivity contribution in [1.82, 2.24) is 5.32 Å². The first kappa shape index (κ1) is 12.3. The number of aryl methyl sites for hydroxylation is 1. The molecule has 0 unspecified atom stereocenters. The normalized spacial score (nSPS) is 20.1. The van der Waals surface area contributed by atoms with Gasteiger partial charge in [-0.1, -0.05) is 17.7 Å². The molecule has 0 spiro atoms. The van der Waals surface area contributed by atoms with Gasteiger partial charge < -0.3 is 10.4 Å². The van der Waals surface area contributed by atoms with Gasteiger partial charge in [-0.15, -0.1) is 0 Å². The van der Waals surface area contributed by atoms with Gasteiger partial charge in [-0.25, -0.2) is 0 Å². The van der Waals surface area contributed by atoms with Gasteiger partial charge in [-0.2, -0.15) is 0 Å². The zero-order valence-electron chi connectivity index (χ0n) is 10.6. The molecule has 0 aromatic heterocycles. The Morgan fingerprint density at radius 3 is 2.83 bits per heavy atom. The molecule has 1 aromatic rings. The van der Waals surface area contributed by atoms with Crippen LogP contribution in [0, 0.1) is 5.92 Å². The second kappa shape index (κ2) is 5.10. The maximum Gasteiger partial charge on any atom is 0.137 e. The highest BCUT2D eigenvalue weighted by molar-refractivity contribution is 6.33. The van der Waals surface area contributed by atoms with E-state index in [4.69, 9.17) is 11.6 Å². The minimum absolute atomic E-state index is 0.343. The van der Waals surface area contributed by atoms with Crippen LogP contribution in [-0.2, 0) is 19.3 Å². The number of phenols is 1. The molecule has 1 aromatic carbocycles. The third-order valence-corrected chi connectivity index (χ3v) is 4.76. The van der Waals surface area contributed by atoms with E-state index in [1.165, 1.54) is 30.4 Å². The minimum Gasteiger partial charge on any atom is -0.506 e. The molecule has 3 rings (SSSR count). The van der Waals surface area contributed by atoms with Crippen LogP contribution in [0.5, 0.6) is 5.75 Å². The van der Waals surface area contributed by atoms with Crippen LogP contribution in [0.15, 0.2) is 6.07 Å². The summed E-state index contributed by atoms with van der Waals surface area (Å²) in [7, 11) is 0. The lowest BCUT2D eigenvalue weighted by molar-refractivity contribution is 0.366. The molecular weight excluding hydrogens is 246 g/mol. The van der Waals surface area contributed by atoms with E-state index in [1.54, 1.807) is 0 Å². The van der Waals surface area contributed by atoms with Crippen LogP contribution >= 0.6 is 11.6 Å². The fourth-order valence-electron chi connectivity index (χ4n) is 3.29. The van der Waals surface area contributed by atoms with Crippen molar-refractivity contribution in [3.8, 4) is 5.75 Å². The average Bonchev–Trinajstić information content (AvgIpc) is 2.85. The topological polar surface area (TPSA) is 32.3 Å². The number of halogens is 1. The molecule has 2 aliphatic rings. The smallest absolute Gasteiger partial charge is 0.137 e. The fraction of sp³-hybridized carbons (Fsp3) is 0.600. The summed E-state index contributed by atoms with van der Waals surface area (Å²) in [6.45, 7) is 2.20. The molecule has 1 aliphatic heterocycles. The lowest BCUT2D eigenvalue weighted by Gasteiger charge is -2.23. The van der Waals surface area contributed by atoms with Gasteiger partial charge in [0.15, 0.2) is 0 Å². The Balaban J connectivity index is 1.85. The molecule has 0 radical (unpaired) electrons. The van der Waals surface area contributed by atoms with Crippen molar-refractivity contribution >= 4 is 11.6 Å². The molecule has 0 saturated carbocycles. The van der Waals surface area contributed by atoms with Crippen LogP contribution in [0.4, 0.5) is 0 Å². The van der Waals surface area contributed by atoms with Gasteiger partial charge in [0.25, 0.3) is 0 Å². The molecule has 18 heavy (non-hydrogen) atoms. The number of fused-ring (bicyclic) bond motifs is 1. The van der Waals surface area contributed by atoms with Crippen molar-refractivity contribution in [2.75, 3.05) is 13.1 Å². The van der Waals surface area contributed by atoms with Crippen molar-refractivity contribution in [2.24, 2.45) is 5.92 Å². The molecule has 98 valence electrons. The van der Waals surface area contributed by atoms with Gasteiger partial charge in [-0.05, 0) is 74.2 Å². The Hall–Kier alpha value is -0.730. The van der Waals surface area contributed by atoms with Crippen molar-refractivity contribution in [2.45, 2.75) is 38.5 Å². The predicted molar refractivity (Wildman–Crippen MR) is 74.4 cm³/mol. The first-order valence-corrected chi connectivity index (χ1v) is 7.36. The average molecular weight is 266 g/mol. The Bertz CT molecular complexity index is 452. The highest BCUT2D eigenvalue weighted by Gasteiger charge is 2.22. The Labute approximate surface area is 113 Å². The molecule has 0 atom stereocenters. The standard InChI is InChI=1S/C15H20ClNO/c16-14-13-3-1-2-11(13)9-12(15(14)18)8-10-4-6-17-7-5-10/h9-10,17-18H,1-8H2. The summed E-state index contributed by atoms with van der Waals surface area (Å²) in [5.74, 6) is 1.03. The maximum atomic E-state index is 10.2. The van der Waals surface area contributed by atoms with Gasteiger partial charge >= 0.3 is 0 Å². The number of aromatic hydroxyl groups is 1. The van der Waals surface area contributed by atoms with Crippen LogP contribution in [0.3, 0.4) is 0 Å². The fourth-order valence-corrected chi connectivity index (χ4v) is 3.63. The van der Waals surface area contributed by atoms with Crippen molar-refractivity contribution in [1.29, 1.82) is 0 Å². The van der Waals surface area contributed by atoms with E-state index < -0.39 is 0 Å². The van der Waals surface area contributed by atoms with Crippen molar-refractivity contribution in [3.05, 3.63) is 27.8 Å². The summed E-state index contributed by atoms with van der Waals surface area (Å²) in [6, 6.07) is 2.20. The summed E-state index contributed by atoms with van der Waals surface area (Å²) in [5, 5.41) is 14.2. The minimum atomic E-state index is 0.343. The number of piperidine rings is 1. The Kier molecular flexibility index (Phi) is 3.49. The van der Waals surface area contributed by atoms with Gasteiger partial charge in [0.1, 0.15) is 5.75 Å². The number of hydrogen-bond donors (Lipinski definition) is 2. The van der Waals surface area contributed by atoms with E-state index in [1.807, 2.05) is 0 Å². The lowest BCUT2D eigenvalue weighted by atomic mass is 9.89. The number of phenolic OH excluding ortho intramolecular Hbond substituents is 1. The first-order chi connectivity index (χ1) is 8.75. The van der Waals surface area contributed by atoms with E-state index in [2.05, 4.69) is 11.4 Å². The summed E-state index contributed by atoms with van der Waals surface area (Å²) in [6.07, 6.45) is 6.69. The second-order valence-corrected chi connectivity index (χ2v) is 5.96. The predicted octanol–water partition coefficient (Wildman–Crippen LogP) is 3.08. The Morgan fingerprint density at radius 1 is 1.28 bits per heavy atom. The van der Waals surface area contributed by atoms with E-state index in [9.17, 15) is 5.11 Å². The molecule has 1 heterocycles. The van der Waals surface area contributed by atoms with Crippen LogP contribution in [0.1, 0.15) is 36.0 Å². The van der Waals surface area contributed by atoms with Crippen LogP contribution < -0.4 is 5.32 Å². The summed E-state index contributed by atoms with van der Waals surface area (Å²) >= 11 is 6.30. The zero-order chi connectivity index (χ0) is 12.5. The quantitative estimate of drug-likeness (QED) is 0.861. The highest BCUT2D eigenvalue weighted by atomic mass is 35.5. The van der Waals surface area contributed by atoms with Crippen LogP contribution in [0.2, 0.25) is 5.02 Å². The number of nitrogens with one attached hydrogen (secondary N) is 1. The molecule has 0 amide bonds. The molecule has 1 aliphatic carbocycles. The molecule has 1 saturated heterocycles. The van der Waals surface area contributed by atoms with Crippen molar-refractivity contribution < 1.29 is 5.11 Å². The van der Waals surface area contributed by atoms with Gasteiger partial charge in [0.05, 0.1) is 5.02 Å². The summed E-state index contributed by atoms with van der Waals surface area (Å²) < 4.78 is 0. The largest absolute Gasteiger partial charge is 0.506 e. The summed E-state index contributed by atoms with van der Waals surface area (Å²) in [5.41, 5.74) is 3.61. The van der Waals surface area contributed by atoms with Crippen molar-refractivity contribution in [3.63, 3.8) is 0 Å². The molecule has 2 N–H and O–H groups in total. The molecule has 3 heteroatoms. The summed E-state index contributed by atoms with van der Waals surface area (Å²) in [4.78, 5) is 0. The molecular formula is C15H20ClNO. The van der Waals surface area contributed by atoms with E-state index in [-0.39, 0.29) is 0 Å². The van der Waals surface area contributed by atoms with E-state index in [0.29, 0.717) is 16.7 Å². The third kappa shape index (κ3) is 2.24. The third-order valence-electron chi connectivity index (χ3n) is 4.35. The maximum absolute atomic E-state index is 10.2. The number of hydrogen-bond acceptors (Lipinski definition) is 2. The first-order valence-electron chi connectivity index (χ1n) is 6.98. The molecule has 1 fully saturated rings.